The van der Waals surface area contributed by atoms with Crippen molar-refractivity contribution in [3.05, 3.63) is 65.0 Å². The van der Waals surface area contributed by atoms with Crippen molar-refractivity contribution in [2.45, 2.75) is 13.1 Å². The molecular weight excluding hydrogens is 273 g/mol. The molecule has 0 amide bonds. The van der Waals surface area contributed by atoms with Crippen LogP contribution in [-0.4, -0.2) is 9.55 Å². The normalized spacial score (nSPS) is 10.9. The maximum atomic E-state index is 14.0. The minimum Gasteiger partial charge on any atom is -0.326 e. The summed E-state index contributed by atoms with van der Waals surface area (Å²) in [5, 5.41) is 2.00. The second kappa shape index (κ2) is 5.56. The first-order valence-corrected chi connectivity index (χ1v) is 7.18. The Labute approximate surface area is 120 Å². The third kappa shape index (κ3) is 2.50. The lowest BCUT2D eigenvalue weighted by Gasteiger charge is -2.09. The van der Waals surface area contributed by atoms with E-state index in [4.69, 9.17) is 5.73 Å². The number of rotatable bonds is 4. The van der Waals surface area contributed by atoms with Gasteiger partial charge in [0.2, 0.25) is 0 Å². The number of benzene rings is 1. The molecule has 0 saturated carbocycles. The fourth-order valence-corrected chi connectivity index (χ4v) is 2.83. The lowest BCUT2D eigenvalue weighted by Crippen LogP contribution is -2.04. The third-order valence-electron chi connectivity index (χ3n) is 3.15. The van der Waals surface area contributed by atoms with Crippen molar-refractivity contribution in [3.63, 3.8) is 0 Å². The molecule has 0 aliphatic rings. The number of nitrogens with two attached hydrogens (primary N) is 1. The first-order valence-electron chi connectivity index (χ1n) is 6.30. The van der Waals surface area contributed by atoms with Crippen molar-refractivity contribution >= 4 is 11.3 Å². The van der Waals surface area contributed by atoms with Crippen LogP contribution >= 0.6 is 11.3 Å². The van der Waals surface area contributed by atoms with E-state index in [0.29, 0.717) is 18.7 Å². The largest absolute Gasteiger partial charge is 0.326 e. The van der Waals surface area contributed by atoms with E-state index in [1.54, 1.807) is 23.6 Å². The highest BCUT2D eigenvalue weighted by atomic mass is 32.1. The molecule has 3 nitrogen and oxygen atoms in total. The second-order valence-electron chi connectivity index (χ2n) is 4.49. The van der Waals surface area contributed by atoms with Gasteiger partial charge in [0.1, 0.15) is 11.6 Å². The number of halogens is 1. The predicted octanol–water partition coefficient (Wildman–Crippen LogP) is 3.26. The second-order valence-corrected chi connectivity index (χ2v) is 5.43. The summed E-state index contributed by atoms with van der Waals surface area (Å²) in [5.74, 6) is 0.640. The van der Waals surface area contributed by atoms with Crippen LogP contribution in [0.3, 0.4) is 0 Å². The molecule has 0 fully saturated rings. The Bertz CT molecular complexity index is 704. The van der Waals surface area contributed by atoms with Crippen molar-refractivity contribution < 1.29 is 4.39 Å². The van der Waals surface area contributed by atoms with E-state index >= 15 is 0 Å². The summed E-state index contributed by atoms with van der Waals surface area (Å²) in [7, 11) is 0. The highest BCUT2D eigenvalue weighted by Gasteiger charge is 2.10. The maximum absolute atomic E-state index is 14.0. The van der Waals surface area contributed by atoms with Gasteiger partial charge >= 0.3 is 0 Å². The molecule has 5 heteroatoms. The van der Waals surface area contributed by atoms with Crippen LogP contribution in [0, 0.1) is 5.82 Å². The smallest absolute Gasteiger partial charge is 0.150 e. The van der Waals surface area contributed by atoms with Gasteiger partial charge in [-0.25, -0.2) is 9.37 Å². The van der Waals surface area contributed by atoms with Crippen LogP contribution in [0.1, 0.15) is 11.1 Å². The Balaban J connectivity index is 1.91. The van der Waals surface area contributed by atoms with Gasteiger partial charge in [0.25, 0.3) is 0 Å². The van der Waals surface area contributed by atoms with E-state index in [9.17, 15) is 4.39 Å². The van der Waals surface area contributed by atoms with E-state index in [2.05, 4.69) is 4.98 Å². The van der Waals surface area contributed by atoms with Gasteiger partial charge < -0.3 is 10.3 Å². The summed E-state index contributed by atoms with van der Waals surface area (Å²) in [4.78, 5) is 5.43. The van der Waals surface area contributed by atoms with Crippen molar-refractivity contribution in [1.29, 1.82) is 0 Å². The number of hydrogen-bond donors (Lipinski definition) is 1. The van der Waals surface area contributed by atoms with E-state index in [1.807, 2.05) is 34.3 Å². The minimum atomic E-state index is -0.223. The van der Waals surface area contributed by atoms with Crippen LogP contribution in [0.5, 0.6) is 0 Å². The molecule has 20 heavy (non-hydrogen) atoms. The number of thiophene rings is 1. The van der Waals surface area contributed by atoms with Crippen molar-refractivity contribution in [1.82, 2.24) is 9.55 Å². The molecule has 2 heterocycles. The Kier molecular flexibility index (Phi) is 3.62. The zero-order chi connectivity index (χ0) is 13.9. The molecule has 102 valence electrons. The summed E-state index contributed by atoms with van der Waals surface area (Å²) in [6.07, 6.45) is 3.60. The highest BCUT2D eigenvalue weighted by Crippen LogP contribution is 2.24. The molecule has 0 aliphatic carbocycles. The topological polar surface area (TPSA) is 43.8 Å². The highest BCUT2D eigenvalue weighted by molar-refractivity contribution is 7.13. The molecule has 0 unspecified atom stereocenters. The molecule has 1 aromatic carbocycles. The van der Waals surface area contributed by atoms with E-state index < -0.39 is 0 Å². The van der Waals surface area contributed by atoms with Crippen LogP contribution in [0.4, 0.5) is 4.39 Å². The first-order chi connectivity index (χ1) is 9.78. The third-order valence-corrected chi connectivity index (χ3v) is 4.02. The molecular formula is C15H14FN3S. The van der Waals surface area contributed by atoms with Crippen molar-refractivity contribution in [3.8, 4) is 10.7 Å². The van der Waals surface area contributed by atoms with Crippen LogP contribution in [0.2, 0.25) is 0 Å². The quantitative estimate of drug-likeness (QED) is 0.800. The van der Waals surface area contributed by atoms with Gasteiger partial charge in [-0.15, -0.1) is 11.3 Å². The Hall–Kier alpha value is -1.98. The fourth-order valence-electron chi connectivity index (χ4n) is 2.10. The summed E-state index contributed by atoms with van der Waals surface area (Å²) in [5.41, 5.74) is 6.95. The van der Waals surface area contributed by atoms with Gasteiger partial charge in [-0.1, -0.05) is 18.2 Å². The van der Waals surface area contributed by atoms with Gasteiger partial charge in [0.05, 0.1) is 11.4 Å². The number of hydrogen-bond acceptors (Lipinski definition) is 3. The lowest BCUT2D eigenvalue weighted by atomic mass is 10.1. The Morgan fingerprint density at radius 2 is 2.20 bits per heavy atom. The molecule has 3 rings (SSSR count). The summed E-state index contributed by atoms with van der Waals surface area (Å²) < 4.78 is 16.0. The van der Waals surface area contributed by atoms with Gasteiger partial charge in [-0.05, 0) is 23.1 Å². The van der Waals surface area contributed by atoms with Crippen LogP contribution in [-0.2, 0) is 13.1 Å². The zero-order valence-electron chi connectivity index (χ0n) is 10.8. The lowest BCUT2D eigenvalue weighted by molar-refractivity contribution is 0.598. The molecule has 3 aromatic rings. The van der Waals surface area contributed by atoms with Crippen LogP contribution in [0.15, 0.2) is 48.1 Å². The minimum absolute atomic E-state index is 0.223. The van der Waals surface area contributed by atoms with Crippen molar-refractivity contribution in [2.75, 3.05) is 0 Å². The molecule has 0 saturated heterocycles. The van der Waals surface area contributed by atoms with Gasteiger partial charge in [-0.2, -0.15) is 0 Å². The molecule has 2 N–H and O–H groups in total. The maximum Gasteiger partial charge on any atom is 0.150 e. The summed E-state index contributed by atoms with van der Waals surface area (Å²) in [6.45, 7) is 0.812. The SMILES string of the molecule is NCc1ccc(Cn2ccnc2-c2cccs2)c(F)c1. The van der Waals surface area contributed by atoms with Gasteiger partial charge in [-0.3, -0.25) is 0 Å². The first kappa shape index (κ1) is 13.0. The molecule has 0 aliphatic heterocycles. The van der Waals surface area contributed by atoms with Crippen LogP contribution < -0.4 is 5.73 Å². The Morgan fingerprint density at radius 1 is 1.30 bits per heavy atom. The number of imidazole rings is 1. The van der Waals surface area contributed by atoms with E-state index in [0.717, 1.165) is 16.3 Å². The van der Waals surface area contributed by atoms with Crippen molar-refractivity contribution in [2.24, 2.45) is 5.73 Å². The average molecular weight is 287 g/mol. The van der Waals surface area contributed by atoms with E-state index in [-0.39, 0.29) is 5.82 Å². The molecule has 0 atom stereocenters. The molecule has 0 radical (unpaired) electrons. The van der Waals surface area contributed by atoms with Crippen LogP contribution in [0.25, 0.3) is 10.7 Å². The van der Waals surface area contributed by atoms with Gasteiger partial charge in [0, 0.05) is 24.5 Å². The Morgan fingerprint density at radius 3 is 2.90 bits per heavy atom. The van der Waals surface area contributed by atoms with Gasteiger partial charge in [0.15, 0.2) is 0 Å². The molecule has 0 bridgehead atoms. The monoisotopic (exact) mass is 287 g/mol. The summed E-state index contributed by atoms with van der Waals surface area (Å²) >= 11 is 1.62. The number of nitrogens with zero attached hydrogens (tertiary/aromatic N) is 2. The standard InChI is InChI=1S/C15H14FN3S/c16-13-8-11(9-17)3-4-12(13)10-19-6-5-18-15(19)14-2-1-7-20-14/h1-8H,9-10,17H2. The average Bonchev–Trinajstić information content (AvgIpc) is 3.11. The molecule has 2 aromatic heterocycles. The molecule has 0 spiro atoms. The van der Waals surface area contributed by atoms with E-state index in [1.165, 1.54) is 6.07 Å². The number of aromatic nitrogens is 2. The summed E-state index contributed by atoms with van der Waals surface area (Å²) in [6, 6.07) is 9.14. The fraction of sp³-hybridized carbons (Fsp3) is 0.133. The predicted molar refractivity (Wildman–Crippen MR) is 78.9 cm³/mol. The zero-order valence-corrected chi connectivity index (χ0v) is 11.6.